The molecule has 2 aromatic rings. The third-order valence-electron chi connectivity index (χ3n) is 3.82. The molecule has 2 rings (SSSR count). The Labute approximate surface area is 143 Å². The topological polar surface area (TPSA) is 90.9 Å². The molecule has 25 heavy (non-hydrogen) atoms. The van der Waals surface area contributed by atoms with E-state index in [0.29, 0.717) is 0 Å². The fraction of sp³-hybridized carbons (Fsp3) is 0.467. The molecule has 0 radical (unpaired) electrons. The molecular formula is C15H19F3N4O2S. The van der Waals surface area contributed by atoms with E-state index < -0.39 is 27.7 Å². The van der Waals surface area contributed by atoms with Gasteiger partial charge in [-0.3, -0.25) is 0 Å². The largest absolute Gasteiger partial charge is 0.435 e. The van der Waals surface area contributed by atoms with E-state index in [1.54, 1.807) is 13.8 Å². The Hall–Kier alpha value is -1.94. The van der Waals surface area contributed by atoms with Gasteiger partial charge in [0.1, 0.15) is 0 Å². The molecule has 0 amide bonds. The van der Waals surface area contributed by atoms with Gasteiger partial charge in [0.25, 0.3) is 0 Å². The molecule has 10 heteroatoms. The van der Waals surface area contributed by atoms with E-state index in [1.165, 1.54) is 25.3 Å². The lowest BCUT2D eigenvalue weighted by Crippen LogP contribution is -2.21. The van der Waals surface area contributed by atoms with Crippen LogP contribution in [0.5, 0.6) is 0 Å². The summed E-state index contributed by atoms with van der Waals surface area (Å²) in [6, 6.07) is 1.89. The van der Waals surface area contributed by atoms with Crippen LogP contribution in [0.1, 0.15) is 36.8 Å². The quantitative estimate of drug-likeness (QED) is 0.886. The lowest BCUT2D eigenvalue weighted by molar-refractivity contribution is -0.141. The van der Waals surface area contributed by atoms with Crippen LogP contribution in [-0.4, -0.2) is 29.4 Å². The first-order valence-corrected chi connectivity index (χ1v) is 9.32. The van der Waals surface area contributed by atoms with Crippen LogP contribution in [0, 0.1) is 12.8 Å². The zero-order chi connectivity index (χ0) is 19.2. The van der Waals surface area contributed by atoms with Crippen molar-refractivity contribution in [2.24, 2.45) is 11.7 Å². The molecule has 0 saturated carbocycles. The van der Waals surface area contributed by atoms with Crippen molar-refractivity contribution in [2.75, 3.05) is 6.26 Å². The number of hydrogen-bond donors (Lipinski definition) is 1. The van der Waals surface area contributed by atoms with E-state index >= 15 is 0 Å². The molecule has 0 aromatic carbocycles. The van der Waals surface area contributed by atoms with Crippen LogP contribution < -0.4 is 5.73 Å². The highest BCUT2D eigenvalue weighted by Gasteiger charge is 2.39. The maximum atomic E-state index is 13.2. The third kappa shape index (κ3) is 3.84. The van der Waals surface area contributed by atoms with Gasteiger partial charge in [-0.25, -0.2) is 18.1 Å². The van der Waals surface area contributed by atoms with E-state index in [0.717, 1.165) is 10.9 Å². The van der Waals surface area contributed by atoms with Crippen molar-refractivity contribution in [3.63, 3.8) is 0 Å². The number of nitrogens with zero attached hydrogens (tertiary/aromatic N) is 3. The Morgan fingerprint density at radius 2 is 1.84 bits per heavy atom. The second-order valence-electron chi connectivity index (χ2n) is 6.17. The summed E-state index contributed by atoms with van der Waals surface area (Å²) in [4.78, 5) is 3.80. The van der Waals surface area contributed by atoms with Gasteiger partial charge in [-0.1, -0.05) is 13.8 Å². The summed E-state index contributed by atoms with van der Waals surface area (Å²) >= 11 is 0. The molecular weight excluding hydrogens is 357 g/mol. The molecule has 6 nitrogen and oxygen atoms in total. The summed E-state index contributed by atoms with van der Waals surface area (Å²) in [5.74, 6) is -0.126. The smallest absolute Gasteiger partial charge is 0.322 e. The molecule has 2 aromatic heterocycles. The molecule has 0 aliphatic carbocycles. The van der Waals surface area contributed by atoms with Crippen LogP contribution in [0.15, 0.2) is 23.4 Å². The van der Waals surface area contributed by atoms with Gasteiger partial charge in [-0.05, 0) is 25.0 Å². The average Bonchev–Trinajstić information content (AvgIpc) is 2.83. The fourth-order valence-electron chi connectivity index (χ4n) is 2.40. The third-order valence-corrected chi connectivity index (χ3v) is 4.82. The number of hydrogen-bond acceptors (Lipinski definition) is 5. The minimum atomic E-state index is -4.62. The van der Waals surface area contributed by atoms with Gasteiger partial charge >= 0.3 is 6.18 Å². The van der Waals surface area contributed by atoms with Crippen molar-refractivity contribution in [3.05, 3.63) is 35.3 Å². The molecule has 0 fully saturated rings. The highest BCUT2D eigenvalue weighted by Crippen LogP contribution is 2.36. The van der Waals surface area contributed by atoms with Crippen LogP contribution in [0.2, 0.25) is 0 Å². The lowest BCUT2D eigenvalue weighted by Gasteiger charge is -2.18. The van der Waals surface area contributed by atoms with Crippen LogP contribution in [0.4, 0.5) is 13.2 Å². The predicted molar refractivity (Wildman–Crippen MR) is 86.0 cm³/mol. The zero-order valence-corrected chi connectivity index (χ0v) is 15.0. The standard InChI is InChI=1S/C15H19F3N4O2S/c1-8(2)12(19)13-9(3)14(15(16,17)18)21-22(13)10-5-6-11(20-7-10)25(4,23)24/h5-8,12H,19H2,1-4H3. The van der Waals surface area contributed by atoms with Gasteiger partial charge in [0, 0.05) is 17.9 Å². The molecule has 138 valence electrons. The normalized spacial score (nSPS) is 14.1. The molecule has 0 aliphatic heterocycles. The van der Waals surface area contributed by atoms with Crippen molar-refractivity contribution in [3.8, 4) is 5.69 Å². The number of nitrogens with two attached hydrogens (primary N) is 1. The van der Waals surface area contributed by atoms with Gasteiger partial charge < -0.3 is 5.73 Å². The summed E-state index contributed by atoms with van der Waals surface area (Å²) in [6.07, 6.45) is -2.46. The molecule has 2 N–H and O–H groups in total. The second kappa shape index (κ2) is 6.41. The first kappa shape index (κ1) is 19.4. The van der Waals surface area contributed by atoms with E-state index in [-0.39, 0.29) is 27.9 Å². The molecule has 0 aliphatic rings. The summed E-state index contributed by atoms with van der Waals surface area (Å²) in [5.41, 5.74) is 5.44. The van der Waals surface area contributed by atoms with E-state index in [9.17, 15) is 21.6 Å². The number of rotatable bonds is 4. The summed E-state index contributed by atoms with van der Waals surface area (Å²) in [6.45, 7) is 4.90. The Morgan fingerprint density at radius 1 is 1.24 bits per heavy atom. The fourth-order valence-corrected chi connectivity index (χ4v) is 2.96. The summed E-state index contributed by atoms with van der Waals surface area (Å²) in [7, 11) is -3.51. The van der Waals surface area contributed by atoms with Crippen molar-refractivity contribution >= 4 is 9.84 Å². The summed E-state index contributed by atoms with van der Waals surface area (Å²) < 4.78 is 63.7. The number of halogens is 3. The maximum absolute atomic E-state index is 13.2. The number of alkyl halides is 3. The van der Waals surface area contributed by atoms with Gasteiger partial charge in [0.15, 0.2) is 20.6 Å². The Bertz CT molecular complexity index is 871. The van der Waals surface area contributed by atoms with Gasteiger partial charge in [-0.15, -0.1) is 0 Å². The molecule has 0 bridgehead atoms. The van der Waals surface area contributed by atoms with Crippen LogP contribution in [0.25, 0.3) is 5.69 Å². The minimum absolute atomic E-state index is 0.0547. The molecule has 1 atom stereocenters. The highest BCUT2D eigenvalue weighted by atomic mass is 32.2. The molecule has 0 saturated heterocycles. The second-order valence-corrected chi connectivity index (χ2v) is 8.13. The van der Waals surface area contributed by atoms with Crippen molar-refractivity contribution in [2.45, 2.75) is 38.0 Å². The van der Waals surface area contributed by atoms with Crippen LogP contribution >= 0.6 is 0 Å². The van der Waals surface area contributed by atoms with E-state index in [2.05, 4.69) is 10.1 Å². The Morgan fingerprint density at radius 3 is 2.24 bits per heavy atom. The monoisotopic (exact) mass is 376 g/mol. The number of aromatic nitrogens is 3. The molecule has 1 unspecified atom stereocenters. The zero-order valence-electron chi connectivity index (χ0n) is 14.2. The van der Waals surface area contributed by atoms with E-state index in [4.69, 9.17) is 5.73 Å². The first-order chi connectivity index (χ1) is 11.3. The highest BCUT2D eigenvalue weighted by molar-refractivity contribution is 7.90. The summed E-state index contributed by atoms with van der Waals surface area (Å²) in [5, 5.41) is 3.49. The van der Waals surface area contributed by atoms with Gasteiger partial charge in [0.05, 0.1) is 17.6 Å². The first-order valence-electron chi connectivity index (χ1n) is 7.42. The van der Waals surface area contributed by atoms with Crippen LogP contribution in [0.3, 0.4) is 0 Å². The average molecular weight is 376 g/mol. The van der Waals surface area contributed by atoms with Crippen molar-refractivity contribution in [1.29, 1.82) is 0 Å². The Kier molecular flexibility index (Phi) is 4.97. The predicted octanol–water partition coefficient (Wildman–Crippen LogP) is 2.65. The van der Waals surface area contributed by atoms with Gasteiger partial charge in [-0.2, -0.15) is 18.3 Å². The maximum Gasteiger partial charge on any atom is 0.435 e. The van der Waals surface area contributed by atoms with Crippen molar-refractivity contribution in [1.82, 2.24) is 14.8 Å². The minimum Gasteiger partial charge on any atom is -0.322 e. The number of pyridine rings is 1. The molecule has 2 heterocycles. The van der Waals surface area contributed by atoms with E-state index in [1.807, 2.05) is 0 Å². The number of sulfone groups is 1. The SMILES string of the molecule is Cc1c(C(F)(F)F)nn(-c2ccc(S(C)(=O)=O)nc2)c1C(N)C(C)C. The lowest BCUT2D eigenvalue weighted by atomic mass is 9.98. The van der Waals surface area contributed by atoms with Crippen LogP contribution in [-0.2, 0) is 16.0 Å². The van der Waals surface area contributed by atoms with Crippen molar-refractivity contribution < 1.29 is 21.6 Å². The van der Waals surface area contributed by atoms with Gasteiger partial charge in [0.2, 0.25) is 0 Å². The molecule has 0 spiro atoms. The Balaban J connectivity index is 2.67.